The third kappa shape index (κ3) is 3.88. The third-order valence-corrected chi connectivity index (χ3v) is 8.36. The Kier molecular flexibility index (Phi) is 5.16. The minimum Gasteiger partial charge on any atom is -0.456 e. The zero-order valence-corrected chi connectivity index (χ0v) is 23.0. The lowest BCUT2D eigenvalue weighted by molar-refractivity contribution is 0.669. The minimum atomic E-state index is 0.883. The number of nitrogens with zero attached hydrogens (tertiary/aromatic N) is 3. The number of rotatable bonds is 3. The Morgan fingerprint density at radius 1 is 0.419 bits per heavy atom. The van der Waals surface area contributed by atoms with Crippen LogP contribution in [0.15, 0.2) is 144 Å². The maximum absolute atomic E-state index is 6.15. The second-order valence-corrected chi connectivity index (χ2v) is 10.9. The summed E-state index contributed by atoms with van der Waals surface area (Å²) < 4.78 is 6.15. The molecular formula is C39H23N3O. The third-order valence-electron chi connectivity index (χ3n) is 8.36. The highest BCUT2D eigenvalue weighted by Crippen LogP contribution is 2.40. The summed E-state index contributed by atoms with van der Waals surface area (Å²) in [6.07, 6.45) is 5.76. The van der Waals surface area contributed by atoms with Gasteiger partial charge in [0.2, 0.25) is 0 Å². The molecule has 0 unspecified atom stereocenters. The van der Waals surface area contributed by atoms with E-state index < -0.39 is 0 Å². The van der Waals surface area contributed by atoms with Gasteiger partial charge in [0.25, 0.3) is 0 Å². The van der Waals surface area contributed by atoms with Gasteiger partial charge in [0, 0.05) is 56.6 Å². The molecule has 0 aliphatic heterocycles. The van der Waals surface area contributed by atoms with Crippen molar-refractivity contribution >= 4 is 54.6 Å². The van der Waals surface area contributed by atoms with Crippen LogP contribution in [0.5, 0.6) is 0 Å². The predicted molar refractivity (Wildman–Crippen MR) is 176 cm³/mol. The molecule has 9 aromatic rings. The smallest absolute Gasteiger partial charge is 0.135 e. The normalized spacial score (nSPS) is 11.7. The molecule has 0 bridgehead atoms. The summed E-state index contributed by atoms with van der Waals surface area (Å²) in [7, 11) is 0. The van der Waals surface area contributed by atoms with Crippen LogP contribution in [0.3, 0.4) is 0 Å². The highest BCUT2D eigenvalue weighted by atomic mass is 16.3. The fraction of sp³-hybridized carbons (Fsp3) is 0. The largest absolute Gasteiger partial charge is 0.456 e. The minimum absolute atomic E-state index is 0.883. The highest BCUT2D eigenvalue weighted by Gasteiger charge is 2.15. The molecule has 5 aromatic carbocycles. The van der Waals surface area contributed by atoms with Crippen LogP contribution in [-0.4, -0.2) is 15.0 Å². The van der Waals surface area contributed by atoms with Crippen LogP contribution in [0.25, 0.3) is 88.0 Å². The molecule has 0 aliphatic carbocycles. The molecule has 0 saturated carbocycles. The first-order valence-corrected chi connectivity index (χ1v) is 14.3. The Labute approximate surface area is 246 Å². The molecule has 0 spiro atoms. The summed E-state index contributed by atoms with van der Waals surface area (Å²) >= 11 is 0. The van der Waals surface area contributed by atoms with Crippen molar-refractivity contribution in [1.82, 2.24) is 15.0 Å². The number of hydrogen-bond acceptors (Lipinski definition) is 4. The Hall–Kier alpha value is -5.87. The molecule has 4 heterocycles. The van der Waals surface area contributed by atoms with Crippen molar-refractivity contribution in [2.45, 2.75) is 0 Å². The van der Waals surface area contributed by atoms with Gasteiger partial charge in [-0.3, -0.25) is 15.0 Å². The molecule has 0 N–H and O–H groups in total. The van der Waals surface area contributed by atoms with Gasteiger partial charge >= 0.3 is 0 Å². The number of para-hydroxylation sites is 2. The van der Waals surface area contributed by atoms with E-state index in [-0.39, 0.29) is 0 Å². The monoisotopic (exact) mass is 549 g/mol. The molecule has 4 nitrogen and oxygen atoms in total. The average molecular weight is 550 g/mol. The molecule has 43 heavy (non-hydrogen) atoms. The van der Waals surface area contributed by atoms with Crippen molar-refractivity contribution in [3.63, 3.8) is 0 Å². The van der Waals surface area contributed by atoms with Crippen LogP contribution in [0, 0.1) is 0 Å². The van der Waals surface area contributed by atoms with Crippen LogP contribution in [0.2, 0.25) is 0 Å². The van der Waals surface area contributed by atoms with Gasteiger partial charge in [-0.15, -0.1) is 0 Å². The zero-order chi connectivity index (χ0) is 28.3. The van der Waals surface area contributed by atoms with Gasteiger partial charge in [-0.05, 0) is 70.8 Å². The molecular weight excluding hydrogens is 526 g/mol. The van der Waals surface area contributed by atoms with Gasteiger partial charge in [-0.1, -0.05) is 72.8 Å². The molecule has 0 atom stereocenters. The Morgan fingerprint density at radius 3 is 2.19 bits per heavy atom. The van der Waals surface area contributed by atoms with Crippen molar-refractivity contribution in [1.29, 1.82) is 0 Å². The fourth-order valence-corrected chi connectivity index (χ4v) is 6.22. The van der Waals surface area contributed by atoms with Crippen LogP contribution < -0.4 is 0 Å². The van der Waals surface area contributed by atoms with E-state index in [1.807, 2.05) is 48.9 Å². The molecule has 0 amide bonds. The summed E-state index contributed by atoms with van der Waals surface area (Å²) in [5.41, 5.74) is 11.2. The van der Waals surface area contributed by atoms with E-state index in [4.69, 9.17) is 14.4 Å². The van der Waals surface area contributed by atoms with Gasteiger partial charge in [-0.2, -0.15) is 0 Å². The first-order valence-electron chi connectivity index (χ1n) is 14.3. The average Bonchev–Trinajstić information content (AvgIpc) is 3.45. The topological polar surface area (TPSA) is 51.8 Å². The Balaban J connectivity index is 1.27. The van der Waals surface area contributed by atoms with E-state index >= 15 is 0 Å². The lowest BCUT2D eigenvalue weighted by Gasteiger charge is -2.14. The molecule has 0 saturated heterocycles. The fourth-order valence-electron chi connectivity index (χ4n) is 6.22. The Bertz CT molecular complexity index is 2530. The van der Waals surface area contributed by atoms with Gasteiger partial charge in [0.15, 0.2) is 0 Å². The predicted octanol–water partition coefficient (Wildman–Crippen LogP) is 10.2. The number of hydrogen-bond donors (Lipinski definition) is 0. The second-order valence-electron chi connectivity index (χ2n) is 10.9. The lowest BCUT2D eigenvalue weighted by Crippen LogP contribution is -1.91. The maximum atomic E-state index is 6.15. The highest BCUT2D eigenvalue weighted by molar-refractivity contribution is 6.07. The van der Waals surface area contributed by atoms with E-state index in [0.717, 1.165) is 88.0 Å². The van der Waals surface area contributed by atoms with Gasteiger partial charge in [0.1, 0.15) is 11.2 Å². The molecule has 200 valence electrons. The van der Waals surface area contributed by atoms with Crippen molar-refractivity contribution in [3.8, 4) is 33.4 Å². The summed E-state index contributed by atoms with van der Waals surface area (Å²) in [6, 6.07) is 42.3. The molecule has 4 heteroatoms. The van der Waals surface area contributed by atoms with Gasteiger partial charge in [0.05, 0.1) is 16.6 Å². The van der Waals surface area contributed by atoms with E-state index in [0.29, 0.717) is 0 Å². The van der Waals surface area contributed by atoms with Crippen molar-refractivity contribution < 1.29 is 4.42 Å². The van der Waals surface area contributed by atoms with Crippen molar-refractivity contribution in [2.75, 3.05) is 0 Å². The molecule has 4 aromatic heterocycles. The van der Waals surface area contributed by atoms with E-state index in [1.54, 1.807) is 0 Å². The Morgan fingerprint density at radius 2 is 1.19 bits per heavy atom. The maximum Gasteiger partial charge on any atom is 0.135 e. The van der Waals surface area contributed by atoms with Crippen LogP contribution in [0.1, 0.15) is 0 Å². The van der Waals surface area contributed by atoms with Crippen LogP contribution >= 0.6 is 0 Å². The first kappa shape index (κ1) is 23.8. The first-order chi connectivity index (χ1) is 21.3. The summed E-state index contributed by atoms with van der Waals surface area (Å²) in [4.78, 5) is 14.3. The summed E-state index contributed by atoms with van der Waals surface area (Å²) in [6.45, 7) is 0. The number of furan rings is 1. The van der Waals surface area contributed by atoms with Crippen LogP contribution in [-0.2, 0) is 0 Å². The second kappa shape index (κ2) is 9.33. The van der Waals surface area contributed by atoms with Crippen molar-refractivity contribution in [2.24, 2.45) is 0 Å². The molecule has 9 rings (SSSR count). The number of benzene rings is 5. The number of fused-ring (bicyclic) bond motifs is 7. The molecule has 0 fully saturated rings. The lowest BCUT2D eigenvalue weighted by atomic mass is 9.90. The quantitative estimate of drug-likeness (QED) is 0.206. The number of pyridine rings is 3. The van der Waals surface area contributed by atoms with Gasteiger partial charge in [-0.25, -0.2) is 0 Å². The summed E-state index contributed by atoms with van der Waals surface area (Å²) in [5, 5.41) is 5.49. The van der Waals surface area contributed by atoms with Crippen molar-refractivity contribution in [3.05, 3.63) is 140 Å². The van der Waals surface area contributed by atoms with Gasteiger partial charge < -0.3 is 4.42 Å². The number of aromatic nitrogens is 3. The molecule has 0 radical (unpaired) electrons. The molecule has 0 aliphatic rings. The standard InChI is InChI=1S/C39H23N3O/c1-3-9-35-27(6-1)18-29(22-41-35)25-13-15-31(30-19-28-12-11-24-7-5-17-40-38(24)39(28)42-23-30)33(20-25)26-14-16-37-34(21-26)32-8-2-4-10-36(32)43-37/h1-23H. The van der Waals surface area contributed by atoms with Crippen LogP contribution in [0.4, 0.5) is 0 Å². The van der Waals surface area contributed by atoms with E-state index in [1.165, 1.54) is 0 Å². The zero-order valence-electron chi connectivity index (χ0n) is 23.0. The summed E-state index contributed by atoms with van der Waals surface area (Å²) in [5.74, 6) is 0. The SMILES string of the molecule is c1ccc2ncc(-c3ccc(-c4cnc5c(ccc6cccnc65)c4)c(-c4ccc5oc6ccccc6c5c4)c3)cc2c1. The van der Waals surface area contributed by atoms with E-state index in [9.17, 15) is 0 Å². The van der Waals surface area contributed by atoms with E-state index in [2.05, 4.69) is 96.0 Å².